The van der Waals surface area contributed by atoms with Crippen LogP contribution in [0.2, 0.25) is 0 Å². The maximum absolute atomic E-state index is 14.0. The first-order valence-corrected chi connectivity index (χ1v) is 9.17. The number of nitrogens with one attached hydrogen (secondary N) is 1. The topological polar surface area (TPSA) is 49.4 Å². The molecule has 0 bridgehead atoms. The molecular formula is C21H20F2N2O2. The summed E-state index contributed by atoms with van der Waals surface area (Å²) in [4.78, 5) is 26.3. The number of carbonyl (C=O) groups is 2. The third-order valence-electron chi connectivity index (χ3n) is 4.95. The summed E-state index contributed by atoms with van der Waals surface area (Å²) in [6, 6.07) is 10.2. The maximum atomic E-state index is 14.0. The Bertz CT molecular complexity index is 874. The summed E-state index contributed by atoms with van der Waals surface area (Å²) in [5.41, 5.74) is 1.44. The zero-order chi connectivity index (χ0) is 19.0. The van der Waals surface area contributed by atoms with Gasteiger partial charge < -0.3 is 10.2 Å². The highest BCUT2D eigenvalue weighted by Gasteiger charge is 2.34. The van der Waals surface area contributed by atoms with E-state index in [2.05, 4.69) is 5.32 Å². The number of carbonyl (C=O) groups excluding carboxylic acids is 2. The zero-order valence-electron chi connectivity index (χ0n) is 14.8. The largest absolute Gasteiger partial charge is 0.331 e. The Morgan fingerprint density at radius 3 is 2.30 bits per heavy atom. The summed E-state index contributed by atoms with van der Waals surface area (Å²) in [5.74, 6) is -1.35. The van der Waals surface area contributed by atoms with Gasteiger partial charge in [0.25, 0.3) is 5.91 Å². The van der Waals surface area contributed by atoms with Gasteiger partial charge in [0.05, 0.1) is 0 Å². The van der Waals surface area contributed by atoms with Crippen molar-refractivity contribution >= 4 is 17.5 Å². The number of rotatable bonds is 6. The minimum atomic E-state index is -0.647. The van der Waals surface area contributed by atoms with Gasteiger partial charge in [-0.05, 0) is 56.0 Å². The molecule has 0 unspecified atom stereocenters. The van der Waals surface area contributed by atoms with E-state index in [0.29, 0.717) is 16.8 Å². The molecule has 2 fully saturated rings. The molecule has 6 heteroatoms. The van der Waals surface area contributed by atoms with Gasteiger partial charge in [-0.2, -0.15) is 0 Å². The fraction of sp³-hybridized carbons (Fsp3) is 0.333. The molecule has 140 valence electrons. The van der Waals surface area contributed by atoms with Gasteiger partial charge >= 0.3 is 0 Å². The van der Waals surface area contributed by atoms with Gasteiger partial charge in [0.1, 0.15) is 11.6 Å². The molecule has 0 radical (unpaired) electrons. The van der Waals surface area contributed by atoms with Crippen LogP contribution in [-0.4, -0.2) is 22.8 Å². The number of halogens is 2. The van der Waals surface area contributed by atoms with E-state index >= 15 is 0 Å². The monoisotopic (exact) mass is 370 g/mol. The second-order valence-electron chi connectivity index (χ2n) is 7.24. The molecule has 0 heterocycles. The molecule has 2 aromatic rings. The molecule has 1 N–H and O–H groups in total. The molecule has 2 amide bonds. The van der Waals surface area contributed by atoms with Crippen molar-refractivity contribution in [1.29, 1.82) is 0 Å². The highest BCUT2D eigenvalue weighted by molar-refractivity contribution is 5.97. The van der Waals surface area contributed by atoms with Crippen LogP contribution in [-0.2, 0) is 11.3 Å². The van der Waals surface area contributed by atoms with E-state index < -0.39 is 11.6 Å². The highest BCUT2D eigenvalue weighted by atomic mass is 19.1. The molecule has 0 aromatic heterocycles. The Morgan fingerprint density at radius 1 is 1.00 bits per heavy atom. The van der Waals surface area contributed by atoms with Crippen LogP contribution in [0.15, 0.2) is 42.5 Å². The van der Waals surface area contributed by atoms with Crippen LogP contribution in [0.1, 0.15) is 41.6 Å². The standard InChI is InChI=1S/C21H20F2N2O2/c22-16-6-3-15(19(23)11-16)12-25(18-9-10-18)21(27)14-4-7-17(8-5-14)24-20(26)13-1-2-13/h3-8,11,13,18H,1-2,9-10,12H2,(H,24,26). The lowest BCUT2D eigenvalue weighted by Crippen LogP contribution is -2.33. The van der Waals surface area contributed by atoms with Crippen molar-refractivity contribution in [3.05, 3.63) is 65.2 Å². The van der Waals surface area contributed by atoms with Crippen LogP contribution >= 0.6 is 0 Å². The van der Waals surface area contributed by atoms with E-state index in [-0.39, 0.29) is 30.3 Å². The van der Waals surface area contributed by atoms with Crippen LogP contribution in [0.5, 0.6) is 0 Å². The van der Waals surface area contributed by atoms with Crippen molar-refractivity contribution in [2.45, 2.75) is 38.3 Å². The van der Waals surface area contributed by atoms with Gasteiger partial charge in [-0.3, -0.25) is 9.59 Å². The Kier molecular flexibility index (Phi) is 4.64. The van der Waals surface area contributed by atoms with Gasteiger partial charge in [0.15, 0.2) is 0 Å². The van der Waals surface area contributed by atoms with Crippen molar-refractivity contribution in [3.63, 3.8) is 0 Å². The quantitative estimate of drug-likeness (QED) is 0.832. The zero-order valence-corrected chi connectivity index (χ0v) is 14.8. The smallest absolute Gasteiger partial charge is 0.254 e. The molecular weight excluding hydrogens is 350 g/mol. The van der Waals surface area contributed by atoms with Crippen LogP contribution in [0.4, 0.5) is 14.5 Å². The number of amides is 2. The first kappa shape index (κ1) is 17.6. The summed E-state index contributed by atoms with van der Waals surface area (Å²) < 4.78 is 27.1. The van der Waals surface area contributed by atoms with Crippen molar-refractivity contribution in [2.24, 2.45) is 5.92 Å². The van der Waals surface area contributed by atoms with E-state index in [1.54, 1.807) is 29.2 Å². The molecule has 0 spiro atoms. The number of anilines is 1. The van der Waals surface area contributed by atoms with Gasteiger partial charge in [-0.25, -0.2) is 8.78 Å². The lowest BCUT2D eigenvalue weighted by atomic mass is 10.1. The Morgan fingerprint density at radius 2 is 1.70 bits per heavy atom. The van der Waals surface area contributed by atoms with Crippen molar-refractivity contribution in [2.75, 3.05) is 5.32 Å². The van der Waals surface area contributed by atoms with E-state index in [4.69, 9.17) is 0 Å². The van der Waals surface area contributed by atoms with Crippen LogP contribution in [0.25, 0.3) is 0 Å². The number of benzene rings is 2. The average Bonchev–Trinajstić information content (AvgIpc) is 3.54. The van der Waals surface area contributed by atoms with Gasteiger partial charge in [-0.15, -0.1) is 0 Å². The highest BCUT2D eigenvalue weighted by Crippen LogP contribution is 2.31. The van der Waals surface area contributed by atoms with Crippen LogP contribution in [0, 0.1) is 17.6 Å². The van der Waals surface area contributed by atoms with Gasteiger partial charge in [0, 0.05) is 41.4 Å². The van der Waals surface area contributed by atoms with Crippen LogP contribution in [0.3, 0.4) is 0 Å². The molecule has 0 atom stereocenters. The van der Waals surface area contributed by atoms with E-state index in [1.165, 1.54) is 12.1 Å². The second kappa shape index (κ2) is 7.10. The number of hydrogen-bond acceptors (Lipinski definition) is 2. The molecule has 0 aliphatic heterocycles. The molecule has 2 saturated carbocycles. The van der Waals surface area contributed by atoms with Crippen molar-refractivity contribution in [1.82, 2.24) is 4.90 Å². The third-order valence-corrected chi connectivity index (χ3v) is 4.95. The van der Waals surface area contributed by atoms with Gasteiger partial charge in [0.2, 0.25) is 5.91 Å². The van der Waals surface area contributed by atoms with E-state index in [0.717, 1.165) is 31.7 Å². The third kappa shape index (κ3) is 4.15. The Hall–Kier alpha value is -2.76. The Balaban J connectivity index is 1.47. The first-order valence-electron chi connectivity index (χ1n) is 9.17. The van der Waals surface area contributed by atoms with Crippen molar-refractivity contribution in [3.8, 4) is 0 Å². The lowest BCUT2D eigenvalue weighted by Gasteiger charge is -2.23. The van der Waals surface area contributed by atoms with Crippen LogP contribution < -0.4 is 5.32 Å². The average molecular weight is 370 g/mol. The summed E-state index contributed by atoms with van der Waals surface area (Å²) in [6.07, 6.45) is 3.62. The van der Waals surface area contributed by atoms with E-state index in [1.807, 2.05) is 0 Å². The second-order valence-corrected chi connectivity index (χ2v) is 7.24. The maximum Gasteiger partial charge on any atom is 0.254 e. The molecule has 2 aromatic carbocycles. The number of nitrogens with zero attached hydrogens (tertiary/aromatic N) is 1. The minimum absolute atomic E-state index is 0.0143. The predicted molar refractivity (Wildman–Crippen MR) is 97.0 cm³/mol. The summed E-state index contributed by atoms with van der Waals surface area (Å²) in [7, 11) is 0. The molecule has 2 aliphatic rings. The Labute approximate surface area is 156 Å². The molecule has 4 rings (SSSR count). The first-order chi connectivity index (χ1) is 13.0. The van der Waals surface area contributed by atoms with Crippen molar-refractivity contribution < 1.29 is 18.4 Å². The SMILES string of the molecule is O=C(Nc1ccc(C(=O)N(Cc2ccc(F)cc2F)C2CC2)cc1)C1CC1. The predicted octanol–water partition coefficient (Wildman–Crippen LogP) is 4.12. The molecule has 2 aliphatic carbocycles. The summed E-state index contributed by atoms with van der Waals surface area (Å²) in [6.45, 7) is 0.107. The number of hydrogen-bond donors (Lipinski definition) is 1. The minimum Gasteiger partial charge on any atom is -0.331 e. The van der Waals surface area contributed by atoms with Gasteiger partial charge in [-0.1, -0.05) is 6.07 Å². The fourth-order valence-corrected chi connectivity index (χ4v) is 3.04. The molecule has 0 saturated heterocycles. The lowest BCUT2D eigenvalue weighted by molar-refractivity contribution is -0.117. The summed E-state index contributed by atoms with van der Waals surface area (Å²) >= 11 is 0. The summed E-state index contributed by atoms with van der Waals surface area (Å²) in [5, 5.41) is 2.84. The molecule has 27 heavy (non-hydrogen) atoms. The normalized spacial score (nSPS) is 16.1. The fourth-order valence-electron chi connectivity index (χ4n) is 3.04. The van der Waals surface area contributed by atoms with E-state index in [9.17, 15) is 18.4 Å². The molecule has 4 nitrogen and oxygen atoms in total.